The molecule has 0 N–H and O–H groups in total. The minimum Gasteiger partial charge on any atom is -0.466 e. The van der Waals surface area contributed by atoms with Gasteiger partial charge in [-0.2, -0.15) is 0 Å². The van der Waals surface area contributed by atoms with Crippen molar-refractivity contribution in [2.24, 2.45) is 11.3 Å². The van der Waals surface area contributed by atoms with Crippen LogP contribution in [0.15, 0.2) is 48.5 Å². The first-order valence-electron chi connectivity index (χ1n) is 20.1. The van der Waals surface area contributed by atoms with Crippen LogP contribution in [0.25, 0.3) is 0 Å². The Morgan fingerprint density at radius 2 is 1.21 bits per heavy atom. The number of esters is 2. The van der Waals surface area contributed by atoms with Crippen LogP contribution < -0.4 is 0 Å². The summed E-state index contributed by atoms with van der Waals surface area (Å²) in [5, 5.41) is 1.42. The molecule has 0 bridgehead atoms. The van der Waals surface area contributed by atoms with E-state index in [1.54, 1.807) is 0 Å². The molecule has 13 heteroatoms. The topological polar surface area (TPSA) is 102 Å². The summed E-state index contributed by atoms with van der Waals surface area (Å²) in [6, 6.07) is 15.8. The van der Waals surface area contributed by atoms with E-state index in [-0.39, 0.29) is 46.9 Å². The van der Waals surface area contributed by atoms with E-state index in [2.05, 4.69) is 0 Å². The van der Waals surface area contributed by atoms with Gasteiger partial charge in [0, 0.05) is 48.4 Å². The summed E-state index contributed by atoms with van der Waals surface area (Å²) in [7, 11) is -2.37. The van der Waals surface area contributed by atoms with E-state index < -0.39 is 27.4 Å². The van der Waals surface area contributed by atoms with Gasteiger partial charge in [-0.25, -0.2) is 17.0 Å². The molecule has 3 aliphatic rings. The number of ether oxygens (including phenoxy) is 3. The lowest BCUT2D eigenvalue weighted by Crippen LogP contribution is -2.55. The number of piperidine rings is 2. The van der Waals surface area contributed by atoms with Crippen LogP contribution in [0.5, 0.6) is 0 Å². The first-order chi connectivity index (χ1) is 26.3. The van der Waals surface area contributed by atoms with Gasteiger partial charge in [0.05, 0.1) is 56.0 Å². The zero-order valence-corrected chi connectivity index (χ0v) is 38.2. The van der Waals surface area contributed by atoms with E-state index in [9.17, 15) is 18.0 Å². The molecule has 3 heterocycles. The quantitative estimate of drug-likeness (QED) is 0.219. The second kappa shape index (κ2) is 23.8. The average molecular weight is 874 g/mol. The van der Waals surface area contributed by atoms with Crippen molar-refractivity contribution >= 4 is 57.1 Å². The van der Waals surface area contributed by atoms with Gasteiger partial charge in [-0.3, -0.25) is 9.59 Å². The summed E-state index contributed by atoms with van der Waals surface area (Å²) in [4.78, 5) is 24.6. The number of benzene rings is 2. The molecule has 0 spiro atoms. The van der Waals surface area contributed by atoms with Crippen LogP contribution in [0.4, 0.5) is 0 Å². The molecule has 4 unspecified atom stereocenters. The van der Waals surface area contributed by atoms with Crippen molar-refractivity contribution in [3.05, 3.63) is 69.7 Å². The molecule has 57 heavy (non-hydrogen) atoms. The number of hydrogen-bond acceptors (Lipinski definition) is 7. The van der Waals surface area contributed by atoms with E-state index >= 15 is 0 Å². The third-order valence-corrected chi connectivity index (χ3v) is 14.4. The molecule has 2 aromatic rings. The summed E-state index contributed by atoms with van der Waals surface area (Å²) in [5.74, 6) is -0.572. The van der Waals surface area contributed by atoms with Crippen LogP contribution in [-0.4, -0.2) is 90.1 Å². The average Bonchev–Trinajstić information content (AvgIpc) is 3.74. The summed E-state index contributed by atoms with van der Waals surface area (Å²) < 4.78 is 44.9. The lowest BCUT2D eigenvalue weighted by atomic mass is 9.79. The molecular formula is C44H70Cl2N2O7S2. The van der Waals surface area contributed by atoms with Crippen LogP contribution in [0, 0.1) is 11.3 Å². The molecule has 3 fully saturated rings. The Kier molecular flexibility index (Phi) is 21.4. The van der Waals surface area contributed by atoms with Crippen molar-refractivity contribution in [2.75, 3.05) is 39.5 Å². The molecule has 3 saturated heterocycles. The predicted molar refractivity (Wildman–Crippen MR) is 237 cm³/mol. The summed E-state index contributed by atoms with van der Waals surface area (Å²) >= 11 is 12.0. The maximum Gasteiger partial charge on any atom is 0.313 e. The maximum atomic E-state index is 13.2. The summed E-state index contributed by atoms with van der Waals surface area (Å²) in [6.07, 6.45) is 7.29. The molecular weight excluding hydrogens is 804 g/mol. The van der Waals surface area contributed by atoms with Crippen LogP contribution in [-0.2, 0) is 58.6 Å². The number of halogens is 2. The molecule has 0 saturated carbocycles. The van der Waals surface area contributed by atoms with Crippen LogP contribution in [0.1, 0.15) is 119 Å². The Morgan fingerprint density at radius 1 is 0.754 bits per heavy atom. The van der Waals surface area contributed by atoms with Gasteiger partial charge in [0.1, 0.15) is 0 Å². The van der Waals surface area contributed by atoms with Crippen molar-refractivity contribution in [1.29, 1.82) is 0 Å². The SMILES string of the molecule is C.C1CCOC1.CCOC(=O)C1(C)CCC(Cc2ccc(Cl)cc2)N([S@@](=O)C(C)(C)C)C1.CCOC(=O)C1CCC(Cc2ccc(Cl)cc2)N([S@@](=O)C(C)(C)C)C1. The number of hydrogen-bond donors (Lipinski definition) is 0. The van der Waals surface area contributed by atoms with Gasteiger partial charge in [0.25, 0.3) is 0 Å². The molecule has 0 aromatic heterocycles. The van der Waals surface area contributed by atoms with Crippen LogP contribution in [0.2, 0.25) is 10.0 Å². The minimum absolute atomic E-state index is 0. The smallest absolute Gasteiger partial charge is 0.313 e. The van der Waals surface area contributed by atoms with Gasteiger partial charge in [0.15, 0.2) is 0 Å². The van der Waals surface area contributed by atoms with Crippen molar-refractivity contribution in [3.8, 4) is 0 Å². The van der Waals surface area contributed by atoms with Crippen molar-refractivity contribution in [2.45, 2.75) is 143 Å². The highest BCUT2D eigenvalue weighted by molar-refractivity contribution is 7.84. The van der Waals surface area contributed by atoms with Crippen molar-refractivity contribution in [3.63, 3.8) is 0 Å². The third kappa shape index (κ3) is 16.3. The summed E-state index contributed by atoms with van der Waals surface area (Å²) in [5.41, 5.74) is 1.71. The largest absolute Gasteiger partial charge is 0.466 e. The number of nitrogens with zero attached hydrogens (tertiary/aromatic N) is 2. The van der Waals surface area contributed by atoms with E-state index in [0.717, 1.165) is 57.3 Å². The molecule has 324 valence electrons. The molecule has 3 aliphatic heterocycles. The monoisotopic (exact) mass is 872 g/mol. The van der Waals surface area contributed by atoms with Crippen LogP contribution >= 0.6 is 23.2 Å². The summed E-state index contributed by atoms with van der Waals surface area (Å²) in [6.45, 7) is 21.1. The first kappa shape index (κ1) is 51.3. The van der Waals surface area contributed by atoms with Gasteiger partial charge < -0.3 is 14.2 Å². The molecule has 0 radical (unpaired) electrons. The van der Waals surface area contributed by atoms with Gasteiger partial charge in [-0.05, 0) is 149 Å². The predicted octanol–water partition coefficient (Wildman–Crippen LogP) is 9.80. The highest BCUT2D eigenvalue weighted by Crippen LogP contribution is 2.38. The fourth-order valence-electron chi connectivity index (χ4n) is 6.90. The highest BCUT2D eigenvalue weighted by Gasteiger charge is 2.46. The van der Waals surface area contributed by atoms with Gasteiger partial charge in [-0.15, -0.1) is 0 Å². The number of rotatable bonds is 10. The molecule has 9 nitrogen and oxygen atoms in total. The Hall–Kier alpha value is -1.86. The fraction of sp³-hybridized carbons (Fsp3) is 0.682. The van der Waals surface area contributed by atoms with E-state index in [0.29, 0.717) is 36.3 Å². The lowest BCUT2D eigenvalue weighted by Gasteiger charge is -2.45. The molecule has 6 atom stereocenters. The van der Waals surface area contributed by atoms with Gasteiger partial charge in [0.2, 0.25) is 0 Å². The second-order valence-corrected chi connectivity index (χ2v) is 22.3. The van der Waals surface area contributed by atoms with Crippen LogP contribution in [0.3, 0.4) is 0 Å². The Labute approximate surface area is 359 Å². The highest BCUT2D eigenvalue weighted by atomic mass is 35.5. The standard InChI is InChI=1S/C20H30ClNO3S.C19H28ClNO3S.C4H8O.CH4/c1-6-25-18(23)20(5)12-11-17(13-15-7-9-16(21)10-8-15)22(14-20)26(24)19(2,3)4;1-5-24-18(22)15-8-11-17(12-14-6-9-16(20)10-7-14)21(13-15)25(23)19(2,3)4;1-2-4-5-3-1;/h7-10,17H,6,11-14H2,1-5H3;6-7,9-10,15,17H,5,8,11-13H2,1-4H3;1-4H2;1H4/t17?,20?,26-;15?,17?,25-;;/m00../s1. The van der Waals surface area contributed by atoms with Gasteiger partial charge in [-0.1, -0.05) is 54.9 Å². The van der Waals surface area contributed by atoms with E-state index in [4.69, 9.17) is 37.4 Å². The third-order valence-electron chi connectivity index (χ3n) is 10.1. The number of carbonyl (C=O) groups excluding carboxylic acids is 2. The Morgan fingerprint density at radius 3 is 1.63 bits per heavy atom. The van der Waals surface area contributed by atoms with E-state index in [1.165, 1.54) is 18.4 Å². The molecule has 2 aromatic carbocycles. The maximum absolute atomic E-state index is 13.2. The van der Waals surface area contributed by atoms with Crippen molar-refractivity contribution < 1.29 is 32.2 Å². The minimum atomic E-state index is -1.20. The first-order valence-corrected chi connectivity index (χ1v) is 23.0. The van der Waals surface area contributed by atoms with Gasteiger partial charge >= 0.3 is 11.9 Å². The molecule has 0 amide bonds. The zero-order chi connectivity index (χ0) is 41.7. The van der Waals surface area contributed by atoms with E-state index in [1.807, 2.05) is 119 Å². The fourth-order valence-corrected chi connectivity index (χ4v) is 10.2. The second-order valence-electron chi connectivity index (χ2n) is 17.0. The van der Waals surface area contributed by atoms with Crippen molar-refractivity contribution in [1.82, 2.24) is 8.61 Å². The lowest BCUT2D eigenvalue weighted by molar-refractivity contribution is -0.157. The Bertz CT molecular complexity index is 1570. The molecule has 0 aliphatic carbocycles. The normalized spacial score (nSPS) is 24.0. The molecule has 5 rings (SSSR count). The zero-order valence-electron chi connectivity index (χ0n) is 35.1. The Balaban J connectivity index is 0.000000344. The number of carbonyl (C=O) groups is 2.